The fourth-order valence-corrected chi connectivity index (χ4v) is 2.84. The van der Waals surface area contributed by atoms with E-state index in [9.17, 15) is 8.42 Å². The molecule has 4 nitrogen and oxygen atoms in total. The van der Waals surface area contributed by atoms with E-state index in [0.29, 0.717) is 13.2 Å². The molecule has 1 fully saturated rings. The van der Waals surface area contributed by atoms with Crippen molar-refractivity contribution in [3.05, 3.63) is 29.8 Å². The second-order valence-corrected chi connectivity index (χ2v) is 5.99. The maximum Gasteiger partial charge on any atom is 0.297 e. The van der Waals surface area contributed by atoms with Crippen molar-refractivity contribution in [1.29, 1.82) is 0 Å². The highest BCUT2D eigenvalue weighted by Gasteiger charge is 2.30. The lowest BCUT2D eigenvalue weighted by molar-refractivity contribution is 0.142. The number of benzene rings is 1. The second-order valence-electron chi connectivity index (χ2n) is 4.42. The van der Waals surface area contributed by atoms with Gasteiger partial charge in [-0.05, 0) is 19.1 Å². The van der Waals surface area contributed by atoms with Crippen LogP contribution in [0, 0.1) is 12.8 Å². The van der Waals surface area contributed by atoms with E-state index in [1.165, 1.54) is 0 Å². The van der Waals surface area contributed by atoms with Gasteiger partial charge in [0.1, 0.15) is 6.10 Å². The summed E-state index contributed by atoms with van der Waals surface area (Å²) in [5, 5.41) is 0. The zero-order valence-electron chi connectivity index (χ0n) is 9.92. The Morgan fingerprint density at radius 2 is 1.88 bits per heavy atom. The van der Waals surface area contributed by atoms with E-state index >= 15 is 0 Å². The van der Waals surface area contributed by atoms with Crippen LogP contribution in [0.15, 0.2) is 29.2 Å². The first kappa shape index (κ1) is 12.5. The van der Waals surface area contributed by atoms with Crippen LogP contribution in [0.1, 0.15) is 12.5 Å². The highest BCUT2D eigenvalue weighted by molar-refractivity contribution is 7.86. The van der Waals surface area contributed by atoms with Crippen molar-refractivity contribution in [2.24, 2.45) is 5.92 Å². The normalized spacial score (nSPS) is 25.1. The average molecular weight is 256 g/mol. The summed E-state index contributed by atoms with van der Waals surface area (Å²) in [4.78, 5) is 0.196. The molecule has 0 bridgehead atoms. The molecule has 5 heteroatoms. The summed E-state index contributed by atoms with van der Waals surface area (Å²) in [6.45, 7) is 4.72. The molecule has 0 amide bonds. The Kier molecular flexibility index (Phi) is 3.51. The van der Waals surface area contributed by atoms with Crippen LogP contribution in [0.3, 0.4) is 0 Å². The highest BCUT2D eigenvalue weighted by Crippen LogP contribution is 2.22. The van der Waals surface area contributed by atoms with Crippen molar-refractivity contribution in [2.75, 3.05) is 13.2 Å². The van der Waals surface area contributed by atoms with E-state index in [1.807, 2.05) is 13.8 Å². The molecular formula is C12H16O4S. The van der Waals surface area contributed by atoms with E-state index in [-0.39, 0.29) is 16.9 Å². The minimum atomic E-state index is -3.67. The lowest BCUT2D eigenvalue weighted by Crippen LogP contribution is -2.24. The molecule has 0 radical (unpaired) electrons. The molecule has 0 saturated carbocycles. The Bertz CT molecular complexity index is 478. The van der Waals surface area contributed by atoms with Crippen LogP contribution in [0.5, 0.6) is 0 Å². The maximum absolute atomic E-state index is 12.0. The topological polar surface area (TPSA) is 52.6 Å². The minimum absolute atomic E-state index is 0.107. The highest BCUT2D eigenvalue weighted by atomic mass is 32.2. The van der Waals surface area contributed by atoms with Gasteiger partial charge >= 0.3 is 0 Å². The van der Waals surface area contributed by atoms with Crippen LogP contribution in [0.2, 0.25) is 0 Å². The quantitative estimate of drug-likeness (QED) is 0.773. The van der Waals surface area contributed by atoms with Crippen molar-refractivity contribution in [2.45, 2.75) is 24.8 Å². The van der Waals surface area contributed by atoms with Crippen LogP contribution in [-0.2, 0) is 19.0 Å². The molecule has 2 atom stereocenters. The maximum atomic E-state index is 12.0. The Morgan fingerprint density at radius 3 is 2.41 bits per heavy atom. The summed E-state index contributed by atoms with van der Waals surface area (Å²) in [5.41, 5.74) is 1.02. The molecule has 2 rings (SSSR count). The molecule has 94 valence electrons. The number of hydrogen-bond donors (Lipinski definition) is 0. The predicted molar refractivity (Wildman–Crippen MR) is 63.2 cm³/mol. The summed E-state index contributed by atoms with van der Waals surface area (Å²) in [7, 11) is -3.67. The van der Waals surface area contributed by atoms with E-state index in [0.717, 1.165) is 5.56 Å². The lowest BCUT2D eigenvalue weighted by Gasteiger charge is -2.14. The molecule has 0 aliphatic carbocycles. The zero-order valence-corrected chi connectivity index (χ0v) is 10.7. The van der Waals surface area contributed by atoms with Gasteiger partial charge in [0.05, 0.1) is 18.1 Å². The number of aryl methyl sites for hydroxylation is 1. The second kappa shape index (κ2) is 4.76. The summed E-state index contributed by atoms with van der Waals surface area (Å²) in [5.74, 6) is 0.107. The summed E-state index contributed by atoms with van der Waals surface area (Å²) < 4.78 is 34.3. The fourth-order valence-electron chi connectivity index (χ4n) is 1.69. The summed E-state index contributed by atoms with van der Waals surface area (Å²) in [6, 6.07) is 6.63. The third-order valence-corrected chi connectivity index (χ3v) is 4.21. The Morgan fingerprint density at radius 1 is 1.24 bits per heavy atom. The van der Waals surface area contributed by atoms with Gasteiger partial charge in [0.25, 0.3) is 10.1 Å². The third-order valence-electron chi connectivity index (χ3n) is 2.86. The van der Waals surface area contributed by atoms with Crippen LogP contribution < -0.4 is 0 Å². The van der Waals surface area contributed by atoms with Crippen molar-refractivity contribution in [1.82, 2.24) is 0 Å². The molecular weight excluding hydrogens is 240 g/mol. The van der Waals surface area contributed by atoms with E-state index in [2.05, 4.69) is 0 Å². The summed E-state index contributed by atoms with van der Waals surface area (Å²) in [6.07, 6.45) is -0.374. The number of rotatable bonds is 3. The first-order chi connectivity index (χ1) is 7.99. The Balaban J connectivity index is 2.16. The van der Waals surface area contributed by atoms with E-state index in [4.69, 9.17) is 8.92 Å². The molecule has 0 spiro atoms. The molecule has 0 unspecified atom stereocenters. The third kappa shape index (κ3) is 2.86. The standard InChI is InChI=1S/C12H16O4S/c1-9-3-5-11(6-4-9)17(13,14)16-12-8-15-7-10(12)2/h3-6,10,12H,7-8H2,1-2H3/t10-,12-/m1/s1. The van der Waals surface area contributed by atoms with Gasteiger partial charge in [-0.25, -0.2) is 0 Å². The van der Waals surface area contributed by atoms with Gasteiger partial charge in [0.2, 0.25) is 0 Å². The van der Waals surface area contributed by atoms with E-state index < -0.39 is 10.1 Å². The average Bonchev–Trinajstić information content (AvgIpc) is 2.64. The van der Waals surface area contributed by atoms with Crippen molar-refractivity contribution < 1.29 is 17.3 Å². The van der Waals surface area contributed by atoms with Gasteiger partial charge in [-0.1, -0.05) is 24.6 Å². The van der Waals surface area contributed by atoms with Gasteiger partial charge < -0.3 is 4.74 Å². The molecule has 1 aromatic carbocycles. The first-order valence-electron chi connectivity index (χ1n) is 5.57. The molecule has 1 aromatic rings. The van der Waals surface area contributed by atoms with Crippen LogP contribution in [-0.4, -0.2) is 27.7 Å². The van der Waals surface area contributed by atoms with Crippen molar-refractivity contribution in [3.8, 4) is 0 Å². The van der Waals surface area contributed by atoms with Crippen molar-refractivity contribution >= 4 is 10.1 Å². The molecule has 1 aliphatic rings. The molecule has 0 aromatic heterocycles. The molecule has 1 heterocycles. The van der Waals surface area contributed by atoms with Gasteiger partial charge in [0, 0.05) is 5.92 Å². The van der Waals surface area contributed by atoms with Crippen LogP contribution in [0.25, 0.3) is 0 Å². The molecule has 1 aliphatic heterocycles. The van der Waals surface area contributed by atoms with E-state index in [1.54, 1.807) is 24.3 Å². The minimum Gasteiger partial charge on any atom is -0.378 e. The monoisotopic (exact) mass is 256 g/mol. The Hall–Kier alpha value is -0.910. The zero-order chi connectivity index (χ0) is 12.5. The largest absolute Gasteiger partial charge is 0.378 e. The van der Waals surface area contributed by atoms with Crippen LogP contribution in [0.4, 0.5) is 0 Å². The fraction of sp³-hybridized carbons (Fsp3) is 0.500. The SMILES string of the molecule is Cc1ccc(S(=O)(=O)O[C@@H]2COC[C@H]2C)cc1. The van der Waals surface area contributed by atoms with Gasteiger partial charge in [-0.2, -0.15) is 8.42 Å². The van der Waals surface area contributed by atoms with Crippen molar-refractivity contribution in [3.63, 3.8) is 0 Å². The van der Waals surface area contributed by atoms with Crippen LogP contribution >= 0.6 is 0 Å². The predicted octanol–water partition coefficient (Wildman–Crippen LogP) is 1.74. The van der Waals surface area contributed by atoms with Gasteiger partial charge in [-0.15, -0.1) is 0 Å². The van der Waals surface area contributed by atoms with Gasteiger partial charge in [0.15, 0.2) is 0 Å². The number of hydrogen-bond acceptors (Lipinski definition) is 4. The summed E-state index contributed by atoms with van der Waals surface area (Å²) >= 11 is 0. The number of ether oxygens (including phenoxy) is 1. The smallest absolute Gasteiger partial charge is 0.297 e. The lowest BCUT2D eigenvalue weighted by atomic mass is 10.1. The molecule has 1 saturated heterocycles. The van der Waals surface area contributed by atoms with Gasteiger partial charge in [-0.3, -0.25) is 4.18 Å². The molecule has 0 N–H and O–H groups in total. The Labute approximate surface area is 102 Å². The first-order valence-corrected chi connectivity index (χ1v) is 6.97. The molecule has 17 heavy (non-hydrogen) atoms.